The first kappa shape index (κ1) is 10.5. The van der Waals surface area contributed by atoms with Crippen LogP contribution in [0.15, 0.2) is 18.5 Å². The third-order valence-electron chi connectivity index (χ3n) is 1.81. The molecule has 76 valence electrons. The Morgan fingerprint density at radius 1 is 1.64 bits per heavy atom. The minimum Gasteiger partial charge on any atom is -0.505 e. The molecular formula is C9H12N2O3. The van der Waals surface area contributed by atoms with Gasteiger partial charge in [-0.05, 0) is 6.07 Å². The van der Waals surface area contributed by atoms with Crippen molar-refractivity contribution in [3.8, 4) is 5.75 Å². The number of likely N-dealkylation sites (N-methyl/N-ethyl adjacent to an activating group) is 1. The topological polar surface area (TPSA) is 73.7 Å². The predicted octanol–water partition coefficient (Wildman–Crippen LogP) is -0.149. The first-order valence-corrected chi connectivity index (χ1v) is 4.16. The van der Waals surface area contributed by atoms with Crippen molar-refractivity contribution in [2.45, 2.75) is 0 Å². The molecular weight excluding hydrogens is 184 g/mol. The minimum atomic E-state index is -0.334. The van der Waals surface area contributed by atoms with Crippen LogP contribution in [0.2, 0.25) is 0 Å². The second-order valence-electron chi connectivity index (χ2n) is 2.84. The van der Waals surface area contributed by atoms with Crippen LogP contribution in [-0.2, 0) is 0 Å². The lowest BCUT2D eigenvalue weighted by Crippen LogP contribution is -2.29. The molecule has 1 amide bonds. The molecule has 0 radical (unpaired) electrons. The van der Waals surface area contributed by atoms with E-state index in [1.807, 2.05) is 0 Å². The summed E-state index contributed by atoms with van der Waals surface area (Å²) >= 11 is 0. The fourth-order valence-corrected chi connectivity index (χ4v) is 1.02. The molecule has 5 nitrogen and oxygen atoms in total. The van der Waals surface area contributed by atoms with Crippen molar-refractivity contribution in [2.24, 2.45) is 0 Å². The van der Waals surface area contributed by atoms with Gasteiger partial charge in [0, 0.05) is 19.8 Å². The van der Waals surface area contributed by atoms with Crippen LogP contribution in [0.1, 0.15) is 10.4 Å². The van der Waals surface area contributed by atoms with Gasteiger partial charge in [-0.25, -0.2) is 0 Å². The Hall–Kier alpha value is -1.62. The zero-order valence-electron chi connectivity index (χ0n) is 7.84. The standard InChI is InChI=1S/C9H12N2O3/c1-11(4-5-12)9(14)7-2-3-10-6-8(7)13/h2-3,6,12-13H,4-5H2,1H3. The number of nitrogens with zero attached hydrogens (tertiary/aromatic N) is 2. The molecule has 5 heteroatoms. The number of aromatic hydroxyl groups is 1. The van der Waals surface area contributed by atoms with Gasteiger partial charge >= 0.3 is 0 Å². The normalized spacial score (nSPS) is 9.86. The van der Waals surface area contributed by atoms with Crippen LogP contribution >= 0.6 is 0 Å². The van der Waals surface area contributed by atoms with Crippen molar-refractivity contribution in [1.29, 1.82) is 0 Å². The van der Waals surface area contributed by atoms with E-state index in [-0.39, 0.29) is 30.4 Å². The lowest BCUT2D eigenvalue weighted by atomic mass is 10.2. The lowest BCUT2D eigenvalue weighted by Gasteiger charge is -2.15. The highest BCUT2D eigenvalue weighted by atomic mass is 16.3. The number of aliphatic hydroxyl groups excluding tert-OH is 1. The Morgan fingerprint density at radius 3 is 2.93 bits per heavy atom. The molecule has 0 bridgehead atoms. The maximum Gasteiger partial charge on any atom is 0.257 e. The third-order valence-corrected chi connectivity index (χ3v) is 1.81. The maximum absolute atomic E-state index is 11.6. The zero-order chi connectivity index (χ0) is 10.6. The molecule has 0 atom stereocenters. The monoisotopic (exact) mass is 196 g/mol. The van der Waals surface area contributed by atoms with Gasteiger partial charge in [0.2, 0.25) is 0 Å². The summed E-state index contributed by atoms with van der Waals surface area (Å²) in [5, 5.41) is 18.0. The first-order valence-electron chi connectivity index (χ1n) is 4.16. The predicted molar refractivity (Wildman–Crippen MR) is 49.9 cm³/mol. The van der Waals surface area contributed by atoms with Crippen molar-refractivity contribution >= 4 is 5.91 Å². The molecule has 1 rings (SSSR count). The molecule has 1 aromatic rings. The number of hydrogen-bond acceptors (Lipinski definition) is 4. The molecule has 0 spiro atoms. The van der Waals surface area contributed by atoms with Gasteiger partial charge < -0.3 is 15.1 Å². The van der Waals surface area contributed by atoms with E-state index < -0.39 is 0 Å². The van der Waals surface area contributed by atoms with Gasteiger partial charge in [-0.15, -0.1) is 0 Å². The molecule has 0 aliphatic rings. The average molecular weight is 196 g/mol. The van der Waals surface area contributed by atoms with E-state index in [4.69, 9.17) is 5.11 Å². The van der Waals surface area contributed by atoms with E-state index in [2.05, 4.69) is 4.98 Å². The summed E-state index contributed by atoms with van der Waals surface area (Å²) in [6, 6.07) is 1.44. The Labute approximate surface area is 81.6 Å². The Kier molecular flexibility index (Phi) is 3.41. The third kappa shape index (κ3) is 2.20. The molecule has 0 aromatic carbocycles. The molecule has 1 aromatic heterocycles. The average Bonchev–Trinajstić information content (AvgIpc) is 2.18. The highest BCUT2D eigenvalue weighted by molar-refractivity contribution is 5.96. The largest absolute Gasteiger partial charge is 0.505 e. The van der Waals surface area contributed by atoms with Gasteiger partial charge in [-0.2, -0.15) is 0 Å². The van der Waals surface area contributed by atoms with Gasteiger partial charge in [0.15, 0.2) is 0 Å². The second-order valence-corrected chi connectivity index (χ2v) is 2.84. The molecule has 14 heavy (non-hydrogen) atoms. The number of hydrogen-bond donors (Lipinski definition) is 2. The van der Waals surface area contributed by atoms with Crippen LogP contribution in [0, 0.1) is 0 Å². The summed E-state index contributed by atoms with van der Waals surface area (Å²) in [6.45, 7) is 0.134. The van der Waals surface area contributed by atoms with Gasteiger partial charge in [0.25, 0.3) is 5.91 Å². The highest BCUT2D eigenvalue weighted by Gasteiger charge is 2.14. The Morgan fingerprint density at radius 2 is 2.36 bits per heavy atom. The van der Waals surface area contributed by atoms with E-state index >= 15 is 0 Å². The van der Waals surface area contributed by atoms with Crippen LogP contribution in [-0.4, -0.2) is 46.2 Å². The van der Waals surface area contributed by atoms with Crippen molar-refractivity contribution < 1.29 is 15.0 Å². The van der Waals surface area contributed by atoms with Gasteiger partial charge in [0.05, 0.1) is 18.4 Å². The molecule has 2 N–H and O–H groups in total. The number of aliphatic hydroxyl groups is 1. The summed E-state index contributed by atoms with van der Waals surface area (Å²) in [5.41, 5.74) is 0.191. The lowest BCUT2D eigenvalue weighted by molar-refractivity contribution is 0.0764. The Balaban J connectivity index is 2.84. The maximum atomic E-state index is 11.6. The summed E-state index contributed by atoms with van der Waals surface area (Å²) in [5.74, 6) is -0.485. The summed E-state index contributed by atoms with van der Waals surface area (Å²) in [6.07, 6.45) is 2.64. The number of carbonyl (C=O) groups is 1. The SMILES string of the molecule is CN(CCO)C(=O)c1ccncc1O. The quantitative estimate of drug-likeness (QED) is 0.705. The molecule has 0 unspecified atom stereocenters. The first-order chi connectivity index (χ1) is 6.66. The van der Waals surface area contributed by atoms with Crippen molar-refractivity contribution in [3.05, 3.63) is 24.0 Å². The van der Waals surface area contributed by atoms with E-state index in [1.54, 1.807) is 7.05 Å². The summed E-state index contributed by atoms with van der Waals surface area (Å²) < 4.78 is 0. The smallest absolute Gasteiger partial charge is 0.257 e. The summed E-state index contributed by atoms with van der Waals surface area (Å²) in [4.78, 5) is 16.6. The fraction of sp³-hybridized carbons (Fsp3) is 0.333. The molecule has 0 fully saturated rings. The number of pyridine rings is 1. The highest BCUT2D eigenvalue weighted by Crippen LogP contribution is 2.15. The van der Waals surface area contributed by atoms with Crippen LogP contribution in [0.3, 0.4) is 0 Å². The molecule has 0 aliphatic heterocycles. The Bertz CT molecular complexity index is 328. The number of amides is 1. The fourth-order valence-electron chi connectivity index (χ4n) is 1.02. The van der Waals surface area contributed by atoms with Crippen molar-refractivity contribution in [2.75, 3.05) is 20.2 Å². The molecule has 1 heterocycles. The van der Waals surface area contributed by atoms with Gasteiger partial charge in [-0.3, -0.25) is 9.78 Å². The van der Waals surface area contributed by atoms with Gasteiger partial charge in [-0.1, -0.05) is 0 Å². The molecule has 0 saturated heterocycles. The number of aromatic nitrogens is 1. The van der Waals surface area contributed by atoms with E-state index in [0.29, 0.717) is 0 Å². The molecule has 0 aliphatic carbocycles. The van der Waals surface area contributed by atoms with E-state index in [0.717, 1.165) is 0 Å². The zero-order valence-corrected chi connectivity index (χ0v) is 7.84. The van der Waals surface area contributed by atoms with Crippen LogP contribution < -0.4 is 0 Å². The van der Waals surface area contributed by atoms with Gasteiger partial charge in [0.1, 0.15) is 5.75 Å². The van der Waals surface area contributed by atoms with Crippen LogP contribution in [0.5, 0.6) is 5.75 Å². The van der Waals surface area contributed by atoms with Crippen molar-refractivity contribution in [1.82, 2.24) is 9.88 Å². The van der Waals surface area contributed by atoms with E-state index in [9.17, 15) is 9.90 Å². The number of rotatable bonds is 3. The van der Waals surface area contributed by atoms with Crippen molar-refractivity contribution in [3.63, 3.8) is 0 Å². The second kappa shape index (κ2) is 4.57. The van der Waals surface area contributed by atoms with Crippen LogP contribution in [0.4, 0.5) is 0 Å². The minimum absolute atomic E-state index is 0.103. The number of carbonyl (C=O) groups excluding carboxylic acids is 1. The molecule has 0 saturated carbocycles. The summed E-state index contributed by atoms with van der Waals surface area (Å²) in [7, 11) is 1.55. The van der Waals surface area contributed by atoms with Crippen LogP contribution in [0.25, 0.3) is 0 Å². The van der Waals surface area contributed by atoms with E-state index in [1.165, 1.54) is 23.4 Å².